The van der Waals surface area contributed by atoms with E-state index in [-0.39, 0.29) is 69.8 Å². The van der Waals surface area contributed by atoms with Gasteiger partial charge in [0.2, 0.25) is 15.9 Å². The Morgan fingerprint density at radius 3 is 2.06 bits per heavy atom. The molecule has 1 saturated heterocycles. The maximum Gasteiger partial charge on any atom is 0.248 e. The molecule has 188 valence electrons. The third-order valence-corrected chi connectivity index (χ3v) is 8.81. The predicted octanol–water partition coefficient (Wildman–Crippen LogP) is 4.66. The first-order valence-corrected chi connectivity index (χ1v) is 12.7. The van der Waals surface area contributed by atoms with Crippen LogP contribution in [0.15, 0.2) is 18.2 Å². The van der Waals surface area contributed by atoms with Gasteiger partial charge in [0.15, 0.2) is 5.78 Å². The normalized spacial score (nSPS) is 21.4. The number of ketones is 1. The van der Waals surface area contributed by atoms with Crippen molar-refractivity contribution in [3.63, 3.8) is 0 Å². The van der Waals surface area contributed by atoms with E-state index in [2.05, 4.69) is 0 Å². The van der Waals surface area contributed by atoms with Gasteiger partial charge in [0.05, 0.1) is 11.3 Å². The van der Waals surface area contributed by atoms with Gasteiger partial charge in [0.1, 0.15) is 11.6 Å². The Balaban J connectivity index is 0.00000385. The highest BCUT2D eigenvalue weighted by molar-refractivity contribution is 7.89. The van der Waals surface area contributed by atoms with Crippen molar-refractivity contribution in [2.24, 2.45) is 0 Å². The molecule has 0 unspecified atom stereocenters. The molecule has 0 N–H and O–H groups in total. The summed E-state index contributed by atoms with van der Waals surface area (Å²) in [6.45, 7) is 3.06. The highest BCUT2D eigenvalue weighted by atomic mass is 35.5. The molecule has 0 bridgehead atoms. The Bertz CT molecular complexity index is 907. The Labute approximate surface area is 199 Å². The average molecular weight is 515 g/mol. The minimum absolute atomic E-state index is 0. The van der Waals surface area contributed by atoms with E-state index < -0.39 is 44.5 Å². The van der Waals surface area contributed by atoms with Crippen molar-refractivity contribution in [1.29, 1.82) is 0 Å². The molecular formula is C22H31ClF4N2O3S. The van der Waals surface area contributed by atoms with Gasteiger partial charge >= 0.3 is 0 Å². The van der Waals surface area contributed by atoms with E-state index in [4.69, 9.17) is 0 Å². The fourth-order valence-corrected chi connectivity index (χ4v) is 6.36. The summed E-state index contributed by atoms with van der Waals surface area (Å²) in [4.78, 5) is 14.6. The van der Waals surface area contributed by atoms with Crippen molar-refractivity contribution in [3.8, 4) is 0 Å². The largest absolute Gasteiger partial charge is 0.295 e. The lowest BCUT2D eigenvalue weighted by Crippen LogP contribution is -2.60. The standard InChI is InChI=1S/C22H30F4N2O3S.ClH/c1-2-16-32(30,31)28-14-12-27(13-15-28)21(8-10-22(25,26)11-9-21)7-6-19(29)20-17(23)4-3-5-18(20)24;/h3-5H,2,6-16H2,1H3;1H. The zero-order valence-corrected chi connectivity index (χ0v) is 20.3. The Morgan fingerprint density at radius 2 is 1.55 bits per heavy atom. The lowest BCUT2D eigenvalue weighted by molar-refractivity contribution is -0.0891. The molecule has 1 aliphatic carbocycles. The maximum absolute atomic E-state index is 14.0. The Kier molecular flexibility index (Phi) is 9.34. The number of Topliss-reactive ketones (excluding diaryl/α,β-unsaturated/α-hetero) is 1. The quantitative estimate of drug-likeness (QED) is 0.374. The van der Waals surface area contributed by atoms with Gasteiger partial charge in [-0.15, -0.1) is 12.4 Å². The second kappa shape index (κ2) is 11.0. The summed E-state index contributed by atoms with van der Waals surface area (Å²) in [5.41, 5.74) is -1.32. The number of alkyl halides is 2. The van der Waals surface area contributed by atoms with Crippen molar-refractivity contribution in [1.82, 2.24) is 9.21 Å². The number of benzene rings is 1. The molecule has 0 radical (unpaired) electrons. The molecule has 1 aromatic rings. The molecule has 3 rings (SSSR count). The molecule has 0 aromatic heterocycles. The van der Waals surface area contributed by atoms with E-state index in [1.807, 2.05) is 4.90 Å². The van der Waals surface area contributed by atoms with Crippen LogP contribution in [0.3, 0.4) is 0 Å². The van der Waals surface area contributed by atoms with Gasteiger partial charge in [-0.05, 0) is 37.8 Å². The zero-order valence-electron chi connectivity index (χ0n) is 18.7. The fourth-order valence-electron chi connectivity index (χ4n) is 4.87. The lowest BCUT2D eigenvalue weighted by Gasteiger charge is -2.51. The number of hydrogen-bond acceptors (Lipinski definition) is 4. The highest BCUT2D eigenvalue weighted by Gasteiger charge is 2.47. The number of rotatable bonds is 8. The monoisotopic (exact) mass is 514 g/mol. The van der Waals surface area contributed by atoms with Crippen molar-refractivity contribution >= 4 is 28.2 Å². The van der Waals surface area contributed by atoms with Crippen molar-refractivity contribution in [2.75, 3.05) is 31.9 Å². The minimum Gasteiger partial charge on any atom is -0.295 e. The molecule has 0 spiro atoms. The smallest absolute Gasteiger partial charge is 0.248 e. The number of halogens is 5. The number of carbonyl (C=O) groups excluding carboxylic acids is 1. The number of carbonyl (C=O) groups is 1. The minimum atomic E-state index is -3.35. The van der Waals surface area contributed by atoms with Crippen LogP contribution >= 0.6 is 12.4 Å². The highest BCUT2D eigenvalue weighted by Crippen LogP contribution is 2.44. The van der Waals surface area contributed by atoms with E-state index in [0.29, 0.717) is 19.5 Å². The SMILES string of the molecule is CCCS(=O)(=O)N1CCN(C2(CCC(=O)c3c(F)cccc3F)CCC(F)(F)CC2)CC1.Cl. The molecule has 1 heterocycles. The first kappa shape index (κ1) is 28.0. The summed E-state index contributed by atoms with van der Waals surface area (Å²) in [6.07, 6.45) is 0.169. The van der Waals surface area contributed by atoms with Crippen molar-refractivity contribution in [2.45, 2.75) is 63.3 Å². The molecule has 33 heavy (non-hydrogen) atoms. The van der Waals surface area contributed by atoms with Crippen LogP contribution in [-0.4, -0.2) is 66.8 Å². The first-order chi connectivity index (χ1) is 15.0. The topological polar surface area (TPSA) is 57.7 Å². The van der Waals surface area contributed by atoms with Crippen LogP contribution < -0.4 is 0 Å². The van der Waals surface area contributed by atoms with Gasteiger partial charge in [0, 0.05) is 51.0 Å². The maximum atomic E-state index is 14.0. The van der Waals surface area contributed by atoms with Gasteiger partial charge < -0.3 is 0 Å². The molecule has 1 aromatic carbocycles. The Hall–Kier alpha value is -1.23. The summed E-state index contributed by atoms with van der Waals surface area (Å²) in [5, 5.41) is 0. The average Bonchev–Trinajstić information content (AvgIpc) is 2.73. The molecule has 2 fully saturated rings. The van der Waals surface area contributed by atoms with Crippen LogP contribution in [0, 0.1) is 11.6 Å². The predicted molar refractivity (Wildman–Crippen MR) is 121 cm³/mol. The molecule has 11 heteroatoms. The van der Waals surface area contributed by atoms with Gasteiger partial charge in [-0.25, -0.2) is 26.0 Å². The molecule has 1 aliphatic heterocycles. The third-order valence-electron chi connectivity index (χ3n) is 6.74. The van der Waals surface area contributed by atoms with Crippen LogP contribution in [0.25, 0.3) is 0 Å². The summed E-state index contributed by atoms with van der Waals surface area (Å²) in [6, 6.07) is 3.21. The van der Waals surface area contributed by atoms with E-state index in [1.165, 1.54) is 10.4 Å². The van der Waals surface area contributed by atoms with Gasteiger partial charge in [-0.3, -0.25) is 9.69 Å². The molecule has 1 saturated carbocycles. The van der Waals surface area contributed by atoms with Crippen molar-refractivity contribution < 1.29 is 30.8 Å². The van der Waals surface area contributed by atoms with E-state index in [9.17, 15) is 30.8 Å². The first-order valence-electron chi connectivity index (χ1n) is 11.1. The summed E-state index contributed by atoms with van der Waals surface area (Å²) >= 11 is 0. The number of hydrogen-bond donors (Lipinski definition) is 0. The summed E-state index contributed by atoms with van der Waals surface area (Å²) in [5.74, 6) is -5.28. The third kappa shape index (κ3) is 6.46. The van der Waals surface area contributed by atoms with Crippen LogP contribution in [0.5, 0.6) is 0 Å². The second-order valence-electron chi connectivity index (χ2n) is 8.80. The molecule has 0 atom stereocenters. The molecule has 0 amide bonds. The summed E-state index contributed by atoms with van der Waals surface area (Å²) < 4.78 is 82.0. The van der Waals surface area contributed by atoms with Crippen LogP contribution in [-0.2, 0) is 10.0 Å². The van der Waals surface area contributed by atoms with E-state index in [1.54, 1.807) is 6.92 Å². The summed E-state index contributed by atoms with van der Waals surface area (Å²) in [7, 11) is -3.35. The lowest BCUT2D eigenvalue weighted by atomic mass is 9.74. The van der Waals surface area contributed by atoms with Gasteiger partial charge in [-0.2, -0.15) is 4.31 Å². The number of piperazine rings is 1. The molecule has 5 nitrogen and oxygen atoms in total. The zero-order chi connectivity index (χ0) is 23.6. The van der Waals surface area contributed by atoms with Crippen molar-refractivity contribution in [3.05, 3.63) is 35.4 Å². The van der Waals surface area contributed by atoms with Crippen LogP contribution in [0.2, 0.25) is 0 Å². The number of sulfonamides is 1. The number of nitrogens with zero attached hydrogens (tertiary/aromatic N) is 2. The van der Waals surface area contributed by atoms with Gasteiger partial charge in [-0.1, -0.05) is 13.0 Å². The van der Waals surface area contributed by atoms with E-state index >= 15 is 0 Å². The fraction of sp³-hybridized carbons (Fsp3) is 0.682. The second-order valence-corrected chi connectivity index (χ2v) is 10.9. The Morgan fingerprint density at radius 1 is 1.00 bits per heavy atom. The van der Waals surface area contributed by atoms with E-state index in [0.717, 1.165) is 12.1 Å². The van der Waals surface area contributed by atoms with Gasteiger partial charge in [0.25, 0.3) is 0 Å². The van der Waals surface area contributed by atoms with Crippen LogP contribution in [0.1, 0.15) is 62.2 Å². The van der Waals surface area contributed by atoms with Crippen LogP contribution in [0.4, 0.5) is 17.6 Å². The molecular weight excluding hydrogens is 484 g/mol. The molecule has 2 aliphatic rings.